The van der Waals surface area contributed by atoms with E-state index < -0.39 is 6.04 Å². The molecule has 2 amide bonds. The SMILES string of the molecule is Cc1cc(Cl)ccc1C1c2c(nn(Cc3ccccc3)c2C(C)C)NC(=O)N1c1cc(Cl)ccc1C. The number of carbonyl (C=O) groups excluding carboxylic acids is 1. The minimum atomic E-state index is -0.398. The molecule has 0 saturated carbocycles. The molecule has 0 fully saturated rings. The maximum Gasteiger partial charge on any atom is 0.328 e. The number of aryl methyl sites for hydroxylation is 2. The van der Waals surface area contributed by atoms with Crippen LogP contribution in [0.5, 0.6) is 0 Å². The lowest BCUT2D eigenvalue weighted by atomic mass is 9.88. The number of benzene rings is 3. The average Bonchev–Trinajstić information content (AvgIpc) is 3.18. The van der Waals surface area contributed by atoms with Crippen molar-refractivity contribution in [1.82, 2.24) is 9.78 Å². The van der Waals surface area contributed by atoms with Gasteiger partial charge in [0.2, 0.25) is 0 Å². The molecule has 0 bridgehead atoms. The standard InChI is InChI=1S/C29H28Cl2N4O/c1-17(2)26-25-27(23-13-12-21(30)14-19(23)4)35(24-15-22(31)11-10-18(24)3)29(36)32-28(25)33-34(26)16-20-8-6-5-7-9-20/h5-15,17,27H,16H2,1-4H3,(H,32,33,36). The molecule has 0 saturated heterocycles. The van der Waals surface area contributed by atoms with E-state index in [2.05, 4.69) is 31.3 Å². The van der Waals surface area contributed by atoms with Crippen LogP contribution in [0.3, 0.4) is 0 Å². The van der Waals surface area contributed by atoms with E-state index in [-0.39, 0.29) is 11.9 Å². The molecular formula is C29H28Cl2N4O. The molecule has 2 heterocycles. The van der Waals surface area contributed by atoms with Crippen molar-refractivity contribution in [2.75, 3.05) is 10.2 Å². The number of urea groups is 1. The van der Waals surface area contributed by atoms with Gasteiger partial charge in [0.1, 0.15) is 0 Å². The van der Waals surface area contributed by atoms with Crippen LogP contribution in [-0.2, 0) is 6.54 Å². The fourth-order valence-corrected chi connectivity index (χ4v) is 5.47. The lowest BCUT2D eigenvalue weighted by Gasteiger charge is -2.38. The van der Waals surface area contributed by atoms with Gasteiger partial charge in [-0.1, -0.05) is 79.5 Å². The van der Waals surface area contributed by atoms with E-state index >= 15 is 0 Å². The zero-order valence-electron chi connectivity index (χ0n) is 20.7. The van der Waals surface area contributed by atoms with E-state index in [9.17, 15) is 4.79 Å². The molecule has 36 heavy (non-hydrogen) atoms. The van der Waals surface area contributed by atoms with Crippen LogP contribution in [0.4, 0.5) is 16.3 Å². The maximum absolute atomic E-state index is 13.7. The first-order valence-electron chi connectivity index (χ1n) is 12.0. The molecule has 1 aliphatic rings. The summed E-state index contributed by atoms with van der Waals surface area (Å²) < 4.78 is 2.03. The fourth-order valence-electron chi connectivity index (χ4n) is 5.08. The normalized spacial score (nSPS) is 15.2. The number of halogens is 2. The zero-order valence-corrected chi connectivity index (χ0v) is 22.2. The van der Waals surface area contributed by atoms with Crippen molar-refractivity contribution in [3.63, 3.8) is 0 Å². The van der Waals surface area contributed by atoms with Gasteiger partial charge in [-0.2, -0.15) is 5.10 Å². The van der Waals surface area contributed by atoms with Crippen LogP contribution in [0, 0.1) is 13.8 Å². The Bertz CT molecular complexity index is 1450. The highest BCUT2D eigenvalue weighted by Crippen LogP contribution is 2.46. The van der Waals surface area contributed by atoms with Gasteiger partial charge in [0, 0.05) is 21.3 Å². The molecule has 7 heteroatoms. The average molecular weight is 519 g/mol. The van der Waals surface area contributed by atoms with Crippen LogP contribution < -0.4 is 10.2 Å². The maximum atomic E-state index is 13.7. The number of nitrogens with one attached hydrogen (secondary N) is 1. The summed E-state index contributed by atoms with van der Waals surface area (Å²) in [7, 11) is 0. The van der Waals surface area contributed by atoms with Crippen molar-refractivity contribution in [2.45, 2.75) is 46.2 Å². The molecule has 0 radical (unpaired) electrons. The van der Waals surface area contributed by atoms with Crippen molar-refractivity contribution in [1.29, 1.82) is 0 Å². The number of nitrogens with zero attached hydrogens (tertiary/aromatic N) is 3. The van der Waals surface area contributed by atoms with E-state index in [0.29, 0.717) is 22.4 Å². The Labute approximate surface area is 221 Å². The minimum Gasteiger partial charge on any atom is -0.290 e. The van der Waals surface area contributed by atoms with Crippen LogP contribution in [0.25, 0.3) is 0 Å². The number of carbonyl (C=O) groups is 1. The lowest BCUT2D eigenvalue weighted by molar-refractivity contribution is 0.254. The minimum absolute atomic E-state index is 0.164. The Morgan fingerprint density at radius 2 is 1.64 bits per heavy atom. The van der Waals surface area contributed by atoms with Crippen molar-refractivity contribution in [3.05, 3.63) is 110 Å². The summed E-state index contributed by atoms with van der Waals surface area (Å²) in [6.07, 6.45) is 0. The van der Waals surface area contributed by atoms with Crippen molar-refractivity contribution in [2.24, 2.45) is 0 Å². The second-order valence-corrected chi connectivity index (χ2v) is 10.5. The summed E-state index contributed by atoms with van der Waals surface area (Å²) >= 11 is 12.7. The molecular weight excluding hydrogens is 491 g/mol. The molecule has 5 rings (SSSR count). The van der Waals surface area contributed by atoms with E-state index in [1.54, 1.807) is 4.90 Å². The molecule has 1 aromatic heterocycles. The van der Waals surface area contributed by atoms with E-state index in [1.165, 1.54) is 0 Å². The lowest BCUT2D eigenvalue weighted by Crippen LogP contribution is -2.43. The molecule has 1 unspecified atom stereocenters. The van der Waals surface area contributed by atoms with Crippen molar-refractivity contribution < 1.29 is 4.79 Å². The highest BCUT2D eigenvalue weighted by Gasteiger charge is 2.41. The van der Waals surface area contributed by atoms with Crippen molar-refractivity contribution >= 4 is 40.7 Å². The number of fused-ring (bicyclic) bond motifs is 1. The summed E-state index contributed by atoms with van der Waals surface area (Å²) in [5.41, 5.74) is 6.93. The zero-order chi connectivity index (χ0) is 25.6. The molecule has 1 N–H and O–H groups in total. The number of hydrogen-bond acceptors (Lipinski definition) is 2. The van der Waals surface area contributed by atoms with E-state index in [4.69, 9.17) is 28.3 Å². The second-order valence-electron chi connectivity index (χ2n) is 9.58. The Kier molecular flexibility index (Phi) is 6.54. The second kappa shape index (κ2) is 9.64. The highest BCUT2D eigenvalue weighted by molar-refractivity contribution is 6.31. The molecule has 4 aromatic rings. The summed E-state index contributed by atoms with van der Waals surface area (Å²) in [5, 5.41) is 9.22. The van der Waals surface area contributed by atoms with Gasteiger partial charge in [0.15, 0.2) is 5.82 Å². The molecule has 3 aromatic carbocycles. The summed E-state index contributed by atoms with van der Waals surface area (Å²) in [4.78, 5) is 15.5. The third kappa shape index (κ3) is 4.38. The van der Waals surface area contributed by atoms with Gasteiger partial charge in [-0.15, -0.1) is 0 Å². The highest BCUT2D eigenvalue weighted by atomic mass is 35.5. The number of rotatable bonds is 5. The van der Waals surface area contributed by atoms with Crippen LogP contribution in [-0.4, -0.2) is 15.8 Å². The largest absolute Gasteiger partial charge is 0.328 e. The Morgan fingerprint density at radius 1 is 0.944 bits per heavy atom. The third-order valence-corrected chi connectivity index (χ3v) is 7.16. The Morgan fingerprint density at radius 3 is 2.33 bits per heavy atom. The summed E-state index contributed by atoms with van der Waals surface area (Å²) in [5.74, 6) is 0.757. The van der Waals surface area contributed by atoms with Crippen LogP contribution in [0.2, 0.25) is 10.0 Å². The molecule has 1 atom stereocenters. The number of hydrogen-bond donors (Lipinski definition) is 1. The first-order chi connectivity index (χ1) is 17.2. The molecule has 184 valence electrons. The molecule has 0 spiro atoms. The number of aromatic nitrogens is 2. The monoisotopic (exact) mass is 518 g/mol. The van der Waals surface area contributed by atoms with Gasteiger partial charge in [-0.3, -0.25) is 14.9 Å². The van der Waals surface area contributed by atoms with Gasteiger partial charge in [0.25, 0.3) is 0 Å². The van der Waals surface area contributed by atoms with Crippen LogP contribution in [0.1, 0.15) is 59.3 Å². The van der Waals surface area contributed by atoms with Gasteiger partial charge in [0.05, 0.1) is 18.3 Å². The Balaban J connectivity index is 1.77. The van der Waals surface area contributed by atoms with E-state index in [0.717, 1.165) is 39.2 Å². The third-order valence-electron chi connectivity index (χ3n) is 6.68. The smallest absolute Gasteiger partial charge is 0.290 e. The Hall–Kier alpha value is -3.28. The van der Waals surface area contributed by atoms with E-state index in [1.807, 2.05) is 73.1 Å². The molecule has 5 nitrogen and oxygen atoms in total. The number of amides is 2. The van der Waals surface area contributed by atoms with Crippen molar-refractivity contribution in [3.8, 4) is 0 Å². The first kappa shape index (κ1) is 24.4. The molecule has 0 aliphatic carbocycles. The topological polar surface area (TPSA) is 50.2 Å². The van der Waals surface area contributed by atoms with Gasteiger partial charge in [-0.25, -0.2) is 4.79 Å². The quantitative estimate of drug-likeness (QED) is 0.290. The summed E-state index contributed by atoms with van der Waals surface area (Å²) in [6, 6.07) is 21.1. The number of anilines is 2. The fraction of sp³-hybridized carbons (Fsp3) is 0.241. The van der Waals surface area contributed by atoms with Crippen LogP contribution in [0.15, 0.2) is 66.7 Å². The van der Waals surface area contributed by atoms with Gasteiger partial charge >= 0.3 is 6.03 Å². The first-order valence-corrected chi connectivity index (χ1v) is 12.8. The predicted octanol–water partition coefficient (Wildman–Crippen LogP) is 8.12. The predicted molar refractivity (Wildman–Crippen MR) is 148 cm³/mol. The summed E-state index contributed by atoms with van der Waals surface area (Å²) in [6.45, 7) is 8.95. The van der Waals surface area contributed by atoms with Crippen LogP contribution >= 0.6 is 23.2 Å². The van der Waals surface area contributed by atoms with Gasteiger partial charge in [-0.05, 0) is 66.3 Å². The molecule has 1 aliphatic heterocycles. The van der Waals surface area contributed by atoms with Gasteiger partial charge < -0.3 is 0 Å².